The number of hydrogen-bond donors (Lipinski definition) is 2. The molecular formula is C15H18ClNO3S. The van der Waals surface area contributed by atoms with Crippen molar-refractivity contribution in [1.82, 2.24) is 5.32 Å². The number of carboxylic acid groups (broad SMARTS) is 1. The fourth-order valence-corrected chi connectivity index (χ4v) is 2.50. The fraction of sp³-hybridized carbons (Fsp3) is 0.333. The lowest BCUT2D eigenvalue weighted by Gasteiger charge is -2.12. The van der Waals surface area contributed by atoms with Crippen LogP contribution in [0.4, 0.5) is 0 Å². The Morgan fingerprint density at radius 2 is 2.05 bits per heavy atom. The molecule has 1 unspecified atom stereocenters. The van der Waals surface area contributed by atoms with Crippen molar-refractivity contribution in [3.8, 4) is 0 Å². The first kappa shape index (κ1) is 17.6. The van der Waals surface area contributed by atoms with Crippen LogP contribution in [0.25, 0.3) is 0 Å². The molecule has 1 aromatic carbocycles. The van der Waals surface area contributed by atoms with Gasteiger partial charge in [-0.25, -0.2) is 4.79 Å². The maximum atomic E-state index is 11.7. The van der Waals surface area contributed by atoms with E-state index in [0.29, 0.717) is 17.2 Å². The molecule has 1 aromatic rings. The third-order valence-electron chi connectivity index (χ3n) is 2.66. The molecular weight excluding hydrogens is 310 g/mol. The van der Waals surface area contributed by atoms with Gasteiger partial charge in [-0.15, -0.1) is 11.8 Å². The number of carbonyl (C=O) groups excluding carboxylic acids is 1. The second kappa shape index (κ2) is 9.47. The predicted octanol–water partition coefficient (Wildman–Crippen LogP) is 3.11. The van der Waals surface area contributed by atoms with Crippen molar-refractivity contribution in [1.29, 1.82) is 0 Å². The summed E-state index contributed by atoms with van der Waals surface area (Å²) in [5, 5.41) is 12.2. The highest BCUT2D eigenvalue weighted by Gasteiger charge is 2.17. The summed E-state index contributed by atoms with van der Waals surface area (Å²) in [6.07, 6.45) is 3.77. The molecule has 4 nitrogen and oxygen atoms in total. The van der Waals surface area contributed by atoms with E-state index in [2.05, 4.69) is 5.32 Å². The van der Waals surface area contributed by atoms with Crippen LogP contribution in [0.1, 0.15) is 18.9 Å². The smallest absolute Gasteiger partial charge is 0.326 e. The molecule has 0 aromatic heterocycles. The van der Waals surface area contributed by atoms with E-state index in [9.17, 15) is 9.59 Å². The van der Waals surface area contributed by atoms with E-state index in [-0.39, 0.29) is 11.7 Å². The van der Waals surface area contributed by atoms with Gasteiger partial charge in [-0.3, -0.25) is 4.79 Å². The minimum atomic E-state index is -1.02. The van der Waals surface area contributed by atoms with Crippen LogP contribution in [0, 0.1) is 0 Å². The van der Waals surface area contributed by atoms with E-state index in [1.54, 1.807) is 24.3 Å². The molecule has 0 heterocycles. The van der Waals surface area contributed by atoms with Crippen molar-refractivity contribution >= 4 is 35.2 Å². The van der Waals surface area contributed by atoms with Crippen molar-refractivity contribution in [3.05, 3.63) is 47.0 Å². The number of thioether (sulfide) groups is 1. The highest BCUT2D eigenvalue weighted by atomic mass is 35.5. The Balaban J connectivity index is 2.35. The van der Waals surface area contributed by atoms with Gasteiger partial charge in [-0.1, -0.05) is 35.9 Å². The van der Waals surface area contributed by atoms with Crippen molar-refractivity contribution in [2.45, 2.75) is 25.1 Å². The van der Waals surface area contributed by atoms with Crippen molar-refractivity contribution in [3.63, 3.8) is 0 Å². The number of nitrogens with one attached hydrogen (secondary N) is 1. The summed E-state index contributed by atoms with van der Waals surface area (Å²) in [6, 6.07) is 6.54. The van der Waals surface area contributed by atoms with Crippen LogP contribution in [0.3, 0.4) is 0 Å². The first-order chi connectivity index (χ1) is 10.0. The minimum Gasteiger partial charge on any atom is -0.480 e. The summed E-state index contributed by atoms with van der Waals surface area (Å²) >= 11 is 7.22. The van der Waals surface area contributed by atoms with Gasteiger partial charge < -0.3 is 10.4 Å². The fourth-order valence-electron chi connectivity index (χ4n) is 1.57. The summed E-state index contributed by atoms with van der Waals surface area (Å²) in [4.78, 5) is 22.7. The zero-order chi connectivity index (χ0) is 15.7. The molecule has 2 N–H and O–H groups in total. The number of carboxylic acids is 1. The highest BCUT2D eigenvalue weighted by Crippen LogP contribution is 2.15. The SMILES string of the molecule is C/C=C/CC(NC(=O)CSCc1ccc(Cl)cc1)C(=O)O. The number of hydrogen-bond acceptors (Lipinski definition) is 3. The predicted molar refractivity (Wildman–Crippen MR) is 86.6 cm³/mol. The number of rotatable bonds is 8. The van der Waals surface area contributed by atoms with Gasteiger partial charge in [-0.2, -0.15) is 0 Å². The van der Waals surface area contributed by atoms with E-state index in [0.717, 1.165) is 5.56 Å². The van der Waals surface area contributed by atoms with E-state index in [4.69, 9.17) is 16.7 Å². The van der Waals surface area contributed by atoms with Gasteiger partial charge in [0.15, 0.2) is 0 Å². The Bertz CT molecular complexity index is 502. The molecule has 1 rings (SSSR count). The molecule has 0 bridgehead atoms. The average Bonchev–Trinajstić information content (AvgIpc) is 2.45. The van der Waals surface area contributed by atoms with Crippen LogP contribution in [-0.4, -0.2) is 28.8 Å². The molecule has 0 aliphatic carbocycles. The molecule has 21 heavy (non-hydrogen) atoms. The van der Waals surface area contributed by atoms with Crippen LogP contribution >= 0.6 is 23.4 Å². The Kier molecular flexibility index (Phi) is 7.93. The summed E-state index contributed by atoms with van der Waals surface area (Å²) in [5.74, 6) is -0.394. The molecule has 0 radical (unpaired) electrons. The van der Waals surface area contributed by atoms with Gasteiger partial charge in [0.1, 0.15) is 6.04 Å². The molecule has 0 aliphatic rings. The van der Waals surface area contributed by atoms with Crippen molar-refractivity contribution < 1.29 is 14.7 Å². The monoisotopic (exact) mass is 327 g/mol. The van der Waals surface area contributed by atoms with Gasteiger partial charge in [0.25, 0.3) is 0 Å². The third-order valence-corrected chi connectivity index (χ3v) is 3.91. The zero-order valence-electron chi connectivity index (χ0n) is 11.7. The normalized spacial score (nSPS) is 12.3. The molecule has 114 valence electrons. The molecule has 0 aliphatic heterocycles. The molecule has 0 spiro atoms. The number of carbonyl (C=O) groups is 2. The maximum absolute atomic E-state index is 11.7. The molecule has 0 saturated heterocycles. The first-order valence-corrected chi connectivity index (χ1v) is 8.01. The topological polar surface area (TPSA) is 66.4 Å². The number of aliphatic carboxylic acids is 1. The molecule has 1 atom stereocenters. The summed E-state index contributed by atoms with van der Waals surface area (Å²) in [7, 11) is 0. The van der Waals surface area contributed by atoms with E-state index < -0.39 is 12.0 Å². The molecule has 0 fully saturated rings. The summed E-state index contributed by atoms with van der Waals surface area (Å²) in [6.45, 7) is 1.81. The molecule has 6 heteroatoms. The standard InChI is InChI=1S/C15H18ClNO3S/c1-2-3-4-13(15(19)20)17-14(18)10-21-9-11-5-7-12(16)8-6-11/h2-3,5-8,13H,4,9-10H2,1H3,(H,17,18)(H,19,20)/b3-2+. The van der Waals surface area contributed by atoms with Gasteiger partial charge in [0.2, 0.25) is 5.91 Å². The lowest BCUT2D eigenvalue weighted by Crippen LogP contribution is -2.41. The van der Waals surface area contributed by atoms with E-state index >= 15 is 0 Å². The van der Waals surface area contributed by atoms with Crippen molar-refractivity contribution in [2.75, 3.05) is 5.75 Å². The molecule has 1 amide bonds. The summed E-state index contributed by atoms with van der Waals surface area (Å²) < 4.78 is 0. The Morgan fingerprint density at radius 3 is 2.62 bits per heavy atom. The Hall–Kier alpha value is -1.46. The van der Waals surface area contributed by atoms with Crippen LogP contribution in [-0.2, 0) is 15.3 Å². The van der Waals surface area contributed by atoms with E-state index in [1.165, 1.54) is 11.8 Å². The lowest BCUT2D eigenvalue weighted by atomic mass is 10.2. The zero-order valence-corrected chi connectivity index (χ0v) is 13.3. The van der Waals surface area contributed by atoms with E-state index in [1.807, 2.05) is 19.1 Å². The number of benzene rings is 1. The second-order valence-electron chi connectivity index (χ2n) is 4.38. The number of allylic oxidation sites excluding steroid dienone is 1. The largest absolute Gasteiger partial charge is 0.480 e. The van der Waals surface area contributed by atoms with Crippen molar-refractivity contribution in [2.24, 2.45) is 0 Å². The van der Waals surface area contributed by atoms with Crippen LogP contribution in [0.15, 0.2) is 36.4 Å². The van der Waals surface area contributed by atoms with Crippen LogP contribution in [0.5, 0.6) is 0 Å². The average molecular weight is 328 g/mol. The lowest BCUT2D eigenvalue weighted by molar-refractivity contribution is -0.141. The quantitative estimate of drug-likeness (QED) is 0.720. The second-order valence-corrected chi connectivity index (χ2v) is 5.80. The molecule has 0 saturated carbocycles. The first-order valence-electron chi connectivity index (χ1n) is 6.48. The van der Waals surface area contributed by atoms with Crippen LogP contribution in [0.2, 0.25) is 5.02 Å². The maximum Gasteiger partial charge on any atom is 0.326 e. The summed E-state index contributed by atoms with van der Waals surface area (Å²) in [5.41, 5.74) is 1.07. The number of halogens is 1. The Labute approximate surface area is 133 Å². The Morgan fingerprint density at radius 1 is 1.38 bits per heavy atom. The van der Waals surface area contributed by atoms with Crippen LogP contribution < -0.4 is 5.32 Å². The minimum absolute atomic E-state index is 0.224. The van der Waals surface area contributed by atoms with Gasteiger partial charge in [0, 0.05) is 10.8 Å². The van der Waals surface area contributed by atoms with Gasteiger partial charge in [0.05, 0.1) is 5.75 Å². The third kappa shape index (κ3) is 7.20. The highest BCUT2D eigenvalue weighted by molar-refractivity contribution is 7.99. The van der Waals surface area contributed by atoms with Gasteiger partial charge in [-0.05, 0) is 31.0 Å². The van der Waals surface area contributed by atoms with Gasteiger partial charge >= 0.3 is 5.97 Å². The number of amides is 1.